The van der Waals surface area contributed by atoms with Crippen LogP contribution in [0.2, 0.25) is 0 Å². The molecule has 40 heavy (non-hydrogen) atoms. The first-order valence-electron chi connectivity index (χ1n) is 13.5. The number of aromatic nitrogens is 2. The van der Waals surface area contributed by atoms with Crippen molar-refractivity contribution in [1.82, 2.24) is 9.97 Å². The molecule has 208 valence electrons. The van der Waals surface area contributed by atoms with Crippen LogP contribution in [0, 0.1) is 19.3 Å². The van der Waals surface area contributed by atoms with Crippen LogP contribution in [0.25, 0.3) is 11.3 Å². The minimum absolute atomic E-state index is 0.0367. The normalized spacial score (nSPS) is 16.5. The molecule has 0 saturated carbocycles. The second kappa shape index (κ2) is 10.9. The van der Waals surface area contributed by atoms with Gasteiger partial charge in [0.2, 0.25) is 11.8 Å². The Morgan fingerprint density at radius 3 is 2.33 bits per heavy atom. The maximum Gasteiger partial charge on any atom is 0.264 e. The second-order valence-electron chi connectivity index (χ2n) is 11.6. The zero-order chi connectivity index (χ0) is 28.5. The van der Waals surface area contributed by atoms with Crippen LogP contribution < -0.4 is 14.8 Å². The molecule has 1 atom stereocenters. The van der Waals surface area contributed by atoms with Gasteiger partial charge < -0.3 is 10.1 Å². The third kappa shape index (κ3) is 6.45. The number of nitrogens with zero attached hydrogens (tertiary/aromatic N) is 2. The van der Waals surface area contributed by atoms with E-state index in [0.29, 0.717) is 17.9 Å². The summed E-state index contributed by atoms with van der Waals surface area (Å²) in [6.45, 7) is 11.2. The van der Waals surface area contributed by atoms with E-state index < -0.39 is 10.0 Å². The average molecular weight is 557 g/mol. The first kappa shape index (κ1) is 27.6. The molecule has 0 unspecified atom stereocenters. The van der Waals surface area contributed by atoms with Gasteiger partial charge in [0, 0.05) is 17.3 Å². The fourth-order valence-electron chi connectivity index (χ4n) is 4.83. The molecule has 2 heterocycles. The van der Waals surface area contributed by atoms with Gasteiger partial charge in [-0.2, -0.15) is 4.98 Å². The lowest BCUT2D eigenvalue weighted by Gasteiger charge is -2.23. The molecule has 3 aromatic carbocycles. The van der Waals surface area contributed by atoms with Crippen molar-refractivity contribution in [2.75, 3.05) is 16.6 Å². The van der Waals surface area contributed by atoms with E-state index in [2.05, 4.69) is 65.0 Å². The van der Waals surface area contributed by atoms with Crippen LogP contribution in [0.4, 0.5) is 11.6 Å². The smallest absolute Gasteiger partial charge is 0.264 e. The van der Waals surface area contributed by atoms with E-state index in [1.165, 1.54) is 5.56 Å². The Morgan fingerprint density at radius 1 is 0.925 bits per heavy atom. The van der Waals surface area contributed by atoms with E-state index in [1.54, 1.807) is 24.3 Å². The number of ether oxygens (including phenoxy) is 1. The highest BCUT2D eigenvalue weighted by atomic mass is 32.2. The Morgan fingerprint density at radius 2 is 1.62 bits per heavy atom. The van der Waals surface area contributed by atoms with Crippen molar-refractivity contribution < 1.29 is 13.2 Å². The summed E-state index contributed by atoms with van der Waals surface area (Å²) in [4.78, 5) is 9.22. The van der Waals surface area contributed by atoms with Gasteiger partial charge in [-0.25, -0.2) is 18.1 Å². The van der Waals surface area contributed by atoms with Crippen molar-refractivity contribution in [1.29, 1.82) is 0 Å². The Kier molecular flexibility index (Phi) is 7.55. The van der Waals surface area contributed by atoms with Crippen molar-refractivity contribution in [3.8, 4) is 17.1 Å². The number of anilines is 2. The van der Waals surface area contributed by atoms with Crippen LogP contribution in [-0.4, -0.2) is 24.9 Å². The fourth-order valence-corrected chi connectivity index (χ4v) is 5.82. The number of hydrogen-bond acceptors (Lipinski definition) is 6. The topological polar surface area (TPSA) is 93.2 Å². The highest BCUT2D eigenvalue weighted by molar-refractivity contribution is 7.92. The van der Waals surface area contributed by atoms with E-state index in [4.69, 9.17) is 4.74 Å². The van der Waals surface area contributed by atoms with Gasteiger partial charge in [0.1, 0.15) is 6.10 Å². The Balaban J connectivity index is 1.57. The second-order valence-corrected chi connectivity index (χ2v) is 13.3. The lowest BCUT2D eigenvalue weighted by Crippen LogP contribution is -2.21. The molecule has 0 amide bonds. The first-order valence-corrected chi connectivity index (χ1v) is 15.0. The number of nitrogens with one attached hydrogen (secondary N) is 2. The van der Waals surface area contributed by atoms with Gasteiger partial charge in [-0.1, -0.05) is 69.3 Å². The number of fused-ring (bicyclic) bond motifs is 4. The standard InChI is InChI=1S/C32H36N4O3S/c1-21-8-6-9-22(2)30(21)27-19-29-35-31(34-27)36-40(37,38)26-11-7-10-25(18-26)33-20-28(39-29)24-14-12-23(13-15-24)16-17-32(3,4)5/h6-15,18-19,28,33H,16-17,20H2,1-5H3,(H,34,35,36)/t28-/m1/s1. The number of hydrogen-bond donors (Lipinski definition) is 2. The van der Waals surface area contributed by atoms with E-state index in [0.717, 1.165) is 35.1 Å². The van der Waals surface area contributed by atoms with Gasteiger partial charge in [-0.15, -0.1) is 0 Å². The molecular weight excluding hydrogens is 520 g/mol. The molecule has 0 aliphatic carbocycles. The lowest BCUT2D eigenvalue weighted by atomic mass is 9.88. The third-order valence-corrected chi connectivity index (χ3v) is 8.41. The maximum absolute atomic E-state index is 13.2. The van der Waals surface area contributed by atoms with E-state index in [9.17, 15) is 8.42 Å². The SMILES string of the molecule is Cc1cccc(C)c1-c1cc2nc(n1)NS(=O)(=O)c1cccc(c1)NC[C@H](c1ccc(CCC(C)(C)C)cc1)O2. The number of sulfonamides is 1. The third-order valence-electron chi connectivity index (χ3n) is 7.08. The van der Waals surface area contributed by atoms with Gasteiger partial charge in [0.05, 0.1) is 17.1 Å². The summed E-state index contributed by atoms with van der Waals surface area (Å²) in [5.41, 5.74) is 6.79. The average Bonchev–Trinajstić information content (AvgIpc) is 2.89. The van der Waals surface area contributed by atoms with Gasteiger partial charge in [-0.05, 0) is 72.6 Å². The molecule has 4 bridgehead atoms. The summed E-state index contributed by atoms with van der Waals surface area (Å²) >= 11 is 0. The van der Waals surface area contributed by atoms with Crippen LogP contribution in [0.1, 0.15) is 55.5 Å². The Hall–Kier alpha value is -3.91. The van der Waals surface area contributed by atoms with Crippen molar-refractivity contribution >= 4 is 21.7 Å². The van der Waals surface area contributed by atoms with Crippen LogP contribution in [0.5, 0.6) is 5.88 Å². The number of rotatable bonds is 4. The Labute approximate surface area is 237 Å². The van der Waals surface area contributed by atoms with E-state index in [-0.39, 0.29) is 28.2 Å². The summed E-state index contributed by atoms with van der Waals surface area (Å²) in [5, 5.41) is 3.36. The van der Waals surface area contributed by atoms with E-state index >= 15 is 0 Å². The van der Waals surface area contributed by atoms with Crippen LogP contribution >= 0.6 is 0 Å². The molecule has 0 radical (unpaired) electrons. The number of benzene rings is 3. The zero-order valence-electron chi connectivity index (χ0n) is 23.7. The van der Waals surface area contributed by atoms with Gasteiger partial charge in [0.15, 0.2) is 0 Å². The van der Waals surface area contributed by atoms with E-state index in [1.807, 2.05) is 38.1 Å². The monoisotopic (exact) mass is 556 g/mol. The van der Waals surface area contributed by atoms with Crippen molar-refractivity contribution in [3.63, 3.8) is 0 Å². The molecule has 2 N–H and O–H groups in total. The number of aryl methyl sites for hydroxylation is 3. The van der Waals surface area contributed by atoms with Crippen LogP contribution in [-0.2, 0) is 16.4 Å². The molecular formula is C32H36N4O3S. The fraction of sp³-hybridized carbons (Fsp3) is 0.312. The quantitative estimate of drug-likeness (QED) is 0.279. The zero-order valence-corrected chi connectivity index (χ0v) is 24.5. The summed E-state index contributed by atoms with van der Waals surface area (Å²) in [5.74, 6) is 0.253. The molecule has 0 fully saturated rings. The molecule has 4 aromatic rings. The highest BCUT2D eigenvalue weighted by Gasteiger charge is 2.23. The molecule has 1 aromatic heterocycles. The first-order chi connectivity index (χ1) is 19.0. The predicted octanol–water partition coefficient (Wildman–Crippen LogP) is 7.09. The molecule has 0 spiro atoms. The highest BCUT2D eigenvalue weighted by Crippen LogP contribution is 2.32. The van der Waals surface area contributed by atoms with Gasteiger partial charge in [-0.3, -0.25) is 0 Å². The summed E-state index contributed by atoms with van der Waals surface area (Å²) in [6, 6.07) is 23.0. The summed E-state index contributed by atoms with van der Waals surface area (Å²) < 4.78 is 35.5. The van der Waals surface area contributed by atoms with Crippen LogP contribution in [0.15, 0.2) is 77.7 Å². The molecule has 8 heteroatoms. The molecule has 0 saturated heterocycles. The van der Waals surface area contributed by atoms with Crippen molar-refractivity contribution in [3.05, 3.63) is 95.1 Å². The molecule has 1 aliphatic rings. The van der Waals surface area contributed by atoms with Gasteiger partial charge in [0.25, 0.3) is 10.0 Å². The van der Waals surface area contributed by atoms with Gasteiger partial charge >= 0.3 is 0 Å². The summed E-state index contributed by atoms with van der Waals surface area (Å²) in [6.07, 6.45) is 1.73. The predicted molar refractivity (Wildman–Crippen MR) is 160 cm³/mol. The minimum atomic E-state index is -3.92. The molecule has 5 rings (SSSR count). The lowest BCUT2D eigenvalue weighted by molar-refractivity contribution is 0.210. The molecule has 7 nitrogen and oxygen atoms in total. The molecule has 1 aliphatic heterocycles. The summed E-state index contributed by atoms with van der Waals surface area (Å²) in [7, 11) is -3.92. The van der Waals surface area contributed by atoms with Crippen molar-refractivity contribution in [2.45, 2.75) is 58.5 Å². The van der Waals surface area contributed by atoms with Crippen LogP contribution in [0.3, 0.4) is 0 Å². The minimum Gasteiger partial charge on any atom is -0.467 e. The largest absolute Gasteiger partial charge is 0.467 e. The Bertz CT molecular complexity index is 1610. The maximum atomic E-state index is 13.2. The van der Waals surface area contributed by atoms with Crippen molar-refractivity contribution in [2.24, 2.45) is 5.41 Å².